The zero-order chi connectivity index (χ0) is 14.7. The van der Waals surface area contributed by atoms with Crippen molar-refractivity contribution in [2.24, 2.45) is 0 Å². The van der Waals surface area contributed by atoms with E-state index >= 15 is 0 Å². The highest BCUT2D eigenvalue weighted by Gasteiger charge is 2.17. The fraction of sp³-hybridized carbons (Fsp3) is 0.467. The van der Waals surface area contributed by atoms with Crippen LogP contribution in [-0.4, -0.2) is 35.1 Å². The number of hydrogen-bond acceptors (Lipinski definition) is 4. The molecule has 4 nitrogen and oxygen atoms in total. The van der Waals surface area contributed by atoms with E-state index in [2.05, 4.69) is 57.8 Å². The van der Waals surface area contributed by atoms with Gasteiger partial charge in [0.25, 0.3) is 0 Å². The second-order valence-electron chi connectivity index (χ2n) is 5.10. The average Bonchev–Trinajstić information content (AvgIpc) is 2.90. The summed E-state index contributed by atoms with van der Waals surface area (Å²) in [5.74, 6) is 1.44. The molecule has 0 aliphatic heterocycles. The van der Waals surface area contributed by atoms with Gasteiger partial charge in [0.1, 0.15) is 5.82 Å². The summed E-state index contributed by atoms with van der Waals surface area (Å²) in [7, 11) is 4.09. The number of aromatic nitrogens is 3. The molecular weight excluding hydrogens is 268 g/mol. The van der Waals surface area contributed by atoms with Gasteiger partial charge in [-0.2, -0.15) is 0 Å². The standard InChI is InChI=1S/C15H22N4S/c1-6-11(2)14-16-17-15(20-5)19(14)13-9-7-12(8-10-13)18(3)4/h7-11H,6H2,1-5H3. The lowest BCUT2D eigenvalue weighted by atomic mass is 10.1. The van der Waals surface area contributed by atoms with E-state index in [1.165, 1.54) is 5.69 Å². The predicted octanol–water partition coefficient (Wildman–Crippen LogP) is 3.57. The minimum atomic E-state index is 0.400. The molecule has 1 atom stereocenters. The highest BCUT2D eigenvalue weighted by atomic mass is 32.2. The average molecular weight is 290 g/mol. The maximum absolute atomic E-state index is 4.37. The molecular formula is C15H22N4S. The normalized spacial score (nSPS) is 12.4. The molecule has 2 rings (SSSR count). The Balaban J connectivity index is 2.47. The van der Waals surface area contributed by atoms with Crippen molar-refractivity contribution in [2.75, 3.05) is 25.3 Å². The van der Waals surface area contributed by atoms with Crippen LogP contribution in [0.25, 0.3) is 5.69 Å². The summed E-state index contributed by atoms with van der Waals surface area (Å²) < 4.78 is 2.16. The molecule has 0 bridgehead atoms. The van der Waals surface area contributed by atoms with Crippen molar-refractivity contribution in [3.05, 3.63) is 30.1 Å². The second kappa shape index (κ2) is 6.31. The molecule has 2 aromatic rings. The van der Waals surface area contributed by atoms with Crippen molar-refractivity contribution < 1.29 is 0 Å². The van der Waals surface area contributed by atoms with Crippen LogP contribution in [0, 0.1) is 0 Å². The van der Waals surface area contributed by atoms with E-state index in [1.807, 2.05) is 20.4 Å². The van der Waals surface area contributed by atoms with Crippen LogP contribution in [0.3, 0.4) is 0 Å². The summed E-state index contributed by atoms with van der Waals surface area (Å²) in [5, 5.41) is 9.62. The lowest BCUT2D eigenvalue weighted by Gasteiger charge is -2.16. The van der Waals surface area contributed by atoms with E-state index in [9.17, 15) is 0 Å². The van der Waals surface area contributed by atoms with Crippen LogP contribution >= 0.6 is 11.8 Å². The molecule has 0 aliphatic carbocycles. The smallest absolute Gasteiger partial charge is 0.195 e. The third-order valence-electron chi connectivity index (χ3n) is 3.52. The Morgan fingerprint density at radius 3 is 2.35 bits per heavy atom. The molecule has 1 unspecified atom stereocenters. The maximum Gasteiger partial charge on any atom is 0.195 e. The van der Waals surface area contributed by atoms with E-state index in [1.54, 1.807) is 11.8 Å². The number of thioether (sulfide) groups is 1. The highest BCUT2D eigenvalue weighted by Crippen LogP contribution is 2.27. The topological polar surface area (TPSA) is 34.0 Å². The Morgan fingerprint density at radius 2 is 1.85 bits per heavy atom. The summed E-state index contributed by atoms with van der Waals surface area (Å²) in [6.45, 7) is 4.37. The van der Waals surface area contributed by atoms with Crippen molar-refractivity contribution in [1.29, 1.82) is 0 Å². The van der Waals surface area contributed by atoms with Crippen LogP contribution < -0.4 is 4.90 Å². The fourth-order valence-corrected chi connectivity index (χ4v) is 2.56. The van der Waals surface area contributed by atoms with E-state index in [4.69, 9.17) is 0 Å². The molecule has 0 fully saturated rings. The van der Waals surface area contributed by atoms with Gasteiger partial charge in [0.05, 0.1) is 0 Å². The zero-order valence-electron chi connectivity index (χ0n) is 12.8. The van der Waals surface area contributed by atoms with Crippen molar-refractivity contribution in [3.63, 3.8) is 0 Å². The Hall–Kier alpha value is -1.49. The molecule has 1 heterocycles. The zero-order valence-corrected chi connectivity index (χ0v) is 13.6. The number of anilines is 1. The molecule has 0 saturated heterocycles. The first kappa shape index (κ1) is 14.9. The Morgan fingerprint density at radius 1 is 1.20 bits per heavy atom. The van der Waals surface area contributed by atoms with Crippen LogP contribution in [0.5, 0.6) is 0 Å². The van der Waals surface area contributed by atoms with Crippen LogP contribution in [0.2, 0.25) is 0 Å². The number of rotatable bonds is 5. The monoisotopic (exact) mass is 290 g/mol. The molecule has 0 radical (unpaired) electrons. The molecule has 0 N–H and O–H groups in total. The van der Waals surface area contributed by atoms with Gasteiger partial charge in [-0.1, -0.05) is 25.6 Å². The second-order valence-corrected chi connectivity index (χ2v) is 5.87. The summed E-state index contributed by atoms with van der Waals surface area (Å²) in [4.78, 5) is 2.10. The van der Waals surface area contributed by atoms with Gasteiger partial charge in [-0.25, -0.2) is 0 Å². The SMILES string of the molecule is CCC(C)c1nnc(SC)n1-c1ccc(N(C)C)cc1. The van der Waals surface area contributed by atoms with Crippen molar-refractivity contribution in [3.8, 4) is 5.69 Å². The number of benzene rings is 1. The van der Waals surface area contributed by atoms with Crippen molar-refractivity contribution in [2.45, 2.75) is 31.3 Å². The minimum Gasteiger partial charge on any atom is -0.378 e. The van der Waals surface area contributed by atoms with Crippen LogP contribution in [0.4, 0.5) is 5.69 Å². The Labute approximate surface area is 125 Å². The molecule has 5 heteroatoms. The van der Waals surface area contributed by atoms with Crippen LogP contribution in [0.1, 0.15) is 32.0 Å². The van der Waals surface area contributed by atoms with Crippen LogP contribution in [-0.2, 0) is 0 Å². The Bertz CT molecular complexity index is 560. The molecule has 0 amide bonds. The predicted molar refractivity (Wildman–Crippen MR) is 86.2 cm³/mol. The fourth-order valence-electron chi connectivity index (χ4n) is 2.06. The van der Waals surface area contributed by atoms with Gasteiger partial charge in [0, 0.05) is 31.4 Å². The largest absolute Gasteiger partial charge is 0.378 e. The molecule has 0 saturated carbocycles. The molecule has 108 valence electrons. The lowest BCUT2D eigenvalue weighted by Crippen LogP contribution is -2.09. The first-order valence-electron chi connectivity index (χ1n) is 6.85. The van der Waals surface area contributed by atoms with Gasteiger partial charge in [0.2, 0.25) is 0 Å². The minimum absolute atomic E-state index is 0.400. The highest BCUT2D eigenvalue weighted by molar-refractivity contribution is 7.98. The van der Waals surface area contributed by atoms with Crippen molar-refractivity contribution >= 4 is 17.4 Å². The van der Waals surface area contributed by atoms with E-state index in [-0.39, 0.29) is 0 Å². The van der Waals surface area contributed by atoms with E-state index in [0.29, 0.717) is 5.92 Å². The third-order valence-corrected chi connectivity index (χ3v) is 4.15. The number of hydrogen-bond donors (Lipinski definition) is 0. The van der Waals surface area contributed by atoms with Crippen LogP contribution in [0.15, 0.2) is 29.4 Å². The lowest BCUT2D eigenvalue weighted by molar-refractivity contribution is 0.654. The molecule has 20 heavy (non-hydrogen) atoms. The van der Waals surface area contributed by atoms with Gasteiger partial charge in [0.15, 0.2) is 5.16 Å². The number of nitrogens with zero attached hydrogens (tertiary/aromatic N) is 4. The summed E-state index contributed by atoms with van der Waals surface area (Å²) in [6, 6.07) is 8.51. The van der Waals surface area contributed by atoms with E-state index < -0.39 is 0 Å². The van der Waals surface area contributed by atoms with E-state index in [0.717, 1.165) is 23.1 Å². The first-order valence-corrected chi connectivity index (χ1v) is 8.08. The van der Waals surface area contributed by atoms with Gasteiger partial charge >= 0.3 is 0 Å². The molecule has 0 spiro atoms. The first-order chi connectivity index (χ1) is 9.58. The maximum atomic E-state index is 4.37. The molecule has 1 aromatic heterocycles. The van der Waals surface area contributed by atoms with Gasteiger partial charge < -0.3 is 4.90 Å². The summed E-state index contributed by atoms with van der Waals surface area (Å²) in [6.07, 6.45) is 3.09. The molecule has 0 aliphatic rings. The quantitative estimate of drug-likeness (QED) is 0.788. The summed E-state index contributed by atoms with van der Waals surface area (Å²) >= 11 is 1.63. The van der Waals surface area contributed by atoms with Gasteiger partial charge in [-0.15, -0.1) is 10.2 Å². The molecule has 1 aromatic carbocycles. The van der Waals surface area contributed by atoms with Gasteiger partial charge in [-0.3, -0.25) is 4.57 Å². The summed E-state index contributed by atoms with van der Waals surface area (Å²) in [5.41, 5.74) is 2.32. The van der Waals surface area contributed by atoms with Gasteiger partial charge in [-0.05, 0) is 36.9 Å². The Kier molecular flexibility index (Phi) is 4.70. The van der Waals surface area contributed by atoms with Crippen molar-refractivity contribution in [1.82, 2.24) is 14.8 Å². The third kappa shape index (κ3) is 2.82.